The summed E-state index contributed by atoms with van der Waals surface area (Å²) in [7, 11) is 0. The molecule has 26 heavy (non-hydrogen) atoms. The van der Waals surface area contributed by atoms with Crippen molar-refractivity contribution in [3.63, 3.8) is 0 Å². The molecule has 0 spiro atoms. The third-order valence-electron chi connectivity index (χ3n) is 5.41. The first-order chi connectivity index (χ1) is 12.8. The number of fused-ring (bicyclic) bond motifs is 3. The zero-order chi connectivity index (χ0) is 18.1. The van der Waals surface area contributed by atoms with Gasteiger partial charge in [0.2, 0.25) is 0 Å². The Morgan fingerprint density at radius 1 is 1.12 bits per heavy atom. The zero-order valence-electron chi connectivity index (χ0n) is 15.6. The molecule has 0 unspecified atom stereocenters. The number of nitriles is 1. The number of hydrogen-bond acceptors (Lipinski definition) is 4. The Labute approximate surface area is 154 Å². The van der Waals surface area contributed by atoms with Gasteiger partial charge in [-0.05, 0) is 36.7 Å². The lowest BCUT2D eigenvalue weighted by molar-refractivity contribution is 0.270. The molecule has 1 aromatic carbocycles. The van der Waals surface area contributed by atoms with E-state index in [0.717, 1.165) is 73.4 Å². The molecule has 5 nitrogen and oxygen atoms in total. The van der Waals surface area contributed by atoms with E-state index in [1.54, 1.807) is 0 Å². The molecular formula is C21H25N5. The molecule has 0 atom stereocenters. The topological polar surface area (TPSA) is 47.6 Å². The van der Waals surface area contributed by atoms with Crippen LogP contribution in [-0.4, -0.2) is 47.0 Å². The van der Waals surface area contributed by atoms with E-state index >= 15 is 0 Å². The van der Waals surface area contributed by atoms with Gasteiger partial charge in [-0.15, -0.1) is 0 Å². The monoisotopic (exact) mass is 347 g/mol. The van der Waals surface area contributed by atoms with Gasteiger partial charge in [-0.1, -0.05) is 32.4 Å². The van der Waals surface area contributed by atoms with Crippen molar-refractivity contribution in [2.75, 3.05) is 37.6 Å². The highest BCUT2D eigenvalue weighted by atomic mass is 15.3. The summed E-state index contributed by atoms with van der Waals surface area (Å²) in [5.74, 6) is 1.17. The minimum atomic E-state index is 0.721. The van der Waals surface area contributed by atoms with E-state index < -0.39 is 0 Å². The fraction of sp³-hybridized carbons (Fsp3) is 0.429. The highest BCUT2D eigenvalue weighted by Crippen LogP contribution is 2.30. The molecule has 0 aliphatic carbocycles. The van der Waals surface area contributed by atoms with Crippen molar-refractivity contribution in [3.05, 3.63) is 41.5 Å². The van der Waals surface area contributed by atoms with Crippen molar-refractivity contribution in [2.45, 2.75) is 26.7 Å². The summed E-state index contributed by atoms with van der Waals surface area (Å²) in [6.45, 7) is 9.65. The van der Waals surface area contributed by atoms with Crippen LogP contribution in [0, 0.1) is 11.3 Å². The maximum atomic E-state index is 9.81. The molecule has 1 aliphatic heterocycles. The third kappa shape index (κ3) is 2.71. The van der Waals surface area contributed by atoms with Gasteiger partial charge in [0.1, 0.15) is 11.9 Å². The van der Waals surface area contributed by atoms with E-state index in [9.17, 15) is 5.26 Å². The molecule has 134 valence electrons. The van der Waals surface area contributed by atoms with Gasteiger partial charge in [-0.25, -0.2) is 4.98 Å². The highest BCUT2D eigenvalue weighted by molar-refractivity contribution is 5.85. The lowest BCUT2D eigenvalue weighted by atomic mass is 10.1. The van der Waals surface area contributed by atoms with Gasteiger partial charge >= 0.3 is 0 Å². The van der Waals surface area contributed by atoms with Crippen LogP contribution in [0.1, 0.15) is 31.4 Å². The number of para-hydroxylation sites is 2. The molecule has 1 fully saturated rings. The number of aryl methyl sites for hydroxylation is 1. The lowest BCUT2D eigenvalue weighted by Crippen LogP contribution is -2.46. The number of nitrogens with zero attached hydrogens (tertiary/aromatic N) is 5. The van der Waals surface area contributed by atoms with Gasteiger partial charge in [-0.2, -0.15) is 5.26 Å². The molecule has 4 rings (SSSR count). The Morgan fingerprint density at radius 3 is 2.58 bits per heavy atom. The molecule has 1 aliphatic rings. The lowest BCUT2D eigenvalue weighted by Gasteiger charge is -2.36. The summed E-state index contributed by atoms with van der Waals surface area (Å²) in [6.07, 6.45) is 1.93. The van der Waals surface area contributed by atoms with Gasteiger partial charge in [0.05, 0.1) is 16.6 Å². The van der Waals surface area contributed by atoms with E-state index in [-0.39, 0.29) is 0 Å². The number of pyridine rings is 1. The maximum absolute atomic E-state index is 9.81. The standard InChI is InChI=1S/C21H25N5/c1-3-7-16-14-20(25-12-10-24(4-2)11-13-25)26-19-9-6-5-8-18(19)23-21(26)17(16)15-22/h5-6,8-9,14H,3-4,7,10-13H2,1-2H3. The SMILES string of the molecule is CCCc1cc(N2CCN(CC)CC2)n2c(nc3ccccc32)c1C#N. The van der Waals surface area contributed by atoms with Gasteiger partial charge in [-0.3, -0.25) is 4.40 Å². The average Bonchev–Trinajstić information content (AvgIpc) is 3.07. The molecule has 5 heteroatoms. The predicted octanol–water partition coefficient (Wildman–Crippen LogP) is 3.45. The molecule has 0 saturated carbocycles. The van der Waals surface area contributed by atoms with E-state index in [4.69, 9.17) is 4.98 Å². The minimum absolute atomic E-state index is 0.721. The summed E-state index contributed by atoms with van der Waals surface area (Å²) in [4.78, 5) is 9.75. The smallest absolute Gasteiger partial charge is 0.157 e. The molecule has 0 N–H and O–H groups in total. The Balaban J connectivity index is 1.94. The van der Waals surface area contributed by atoms with Crippen molar-refractivity contribution in [1.82, 2.24) is 14.3 Å². The quantitative estimate of drug-likeness (QED) is 0.725. The fourth-order valence-corrected chi connectivity index (χ4v) is 3.98. The Kier molecular flexibility index (Phi) is 4.52. The van der Waals surface area contributed by atoms with Crippen molar-refractivity contribution in [3.8, 4) is 6.07 Å². The van der Waals surface area contributed by atoms with Crippen LogP contribution in [0.3, 0.4) is 0 Å². The molecule has 3 heterocycles. The first-order valence-corrected chi connectivity index (χ1v) is 9.57. The van der Waals surface area contributed by atoms with Crippen molar-refractivity contribution in [2.24, 2.45) is 0 Å². The van der Waals surface area contributed by atoms with E-state index in [0.29, 0.717) is 0 Å². The number of rotatable bonds is 4. The molecule has 0 bridgehead atoms. The van der Waals surface area contributed by atoms with Crippen LogP contribution in [-0.2, 0) is 6.42 Å². The van der Waals surface area contributed by atoms with Crippen LogP contribution in [0.5, 0.6) is 0 Å². The first kappa shape index (κ1) is 16.9. The van der Waals surface area contributed by atoms with Crippen LogP contribution in [0.2, 0.25) is 0 Å². The summed E-state index contributed by atoms with van der Waals surface area (Å²) in [6, 6.07) is 12.8. The second kappa shape index (κ2) is 6.97. The van der Waals surface area contributed by atoms with Crippen LogP contribution >= 0.6 is 0 Å². The number of benzene rings is 1. The summed E-state index contributed by atoms with van der Waals surface area (Å²) >= 11 is 0. The molecule has 1 saturated heterocycles. The largest absolute Gasteiger partial charge is 0.355 e. The van der Waals surface area contributed by atoms with Gasteiger partial charge in [0.15, 0.2) is 5.65 Å². The molecule has 3 aromatic rings. The van der Waals surface area contributed by atoms with Crippen molar-refractivity contribution in [1.29, 1.82) is 5.26 Å². The van der Waals surface area contributed by atoms with E-state index in [1.165, 1.54) is 5.82 Å². The number of hydrogen-bond donors (Lipinski definition) is 0. The fourth-order valence-electron chi connectivity index (χ4n) is 3.98. The summed E-state index contributed by atoms with van der Waals surface area (Å²) in [5, 5.41) is 9.81. The Bertz CT molecular complexity index is 973. The van der Waals surface area contributed by atoms with Gasteiger partial charge < -0.3 is 9.80 Å². The molecule has 0 radical (unpaired) electrons. The van der Waals surface area contributed by atoms with E-state index in [2.05, 4.69) is 46.2 Å². The number of anilines is 1. The summed E-state index contributed by atoms with van der Waals surface area (Å²) in [5.41, 5.74) is 4.67. The zero-order valence-corrected chi connectivity index (χ0v) is 15.6. The Hall–Kier alpha value is -2.58. The van der Waals surface area contributed by atoms with E-state index in [1.807, 2.05) is 18.2 Å². The first-order valence-electron chi connectivity index (χ1n) is 9.57. The van der Waals surface area contributed by atoms with Crippen molar-refractivity contribution >= 4 is 22.5 Å². The van der Waals surface area contributed by atoms with Gasteiger partial charge in [0.25, 0.3) is 0 Å². The normalized spacial score (nSPS) is 15.7. The highest BCUT2D eigenvalue weighted by Gasteiger charge is 2.22. The summed E-state index contributed by atoms with van der Waals surface area (Å²) < 4.78 is 2.19. The second-order valence-electron chi connectivity index (χ2n) is 6.95. The maximum Gasteiger partial charge on any atom is 0.157 e. The number of imidazole rings is 1. The molecule has 0 amide bonds. The van der Waals surface area contributed by atoms with Crippen LogP contribution < -0.4 is 4.90 Å². The van der Waals surface area contributed by atoms with Crippen molar-refractivity contribution < 1.29 is 0 Å². The third-order valence-corrected chi connectivity index (χ3v) is 5.41. The molecular weight excluding hydrogens is 322 g/mol. The number of likely N-dealkylation sites (N-methyl/N-ethyl adjacent to an activating group) is 1. The second-order valence-corrected chi connectivity index (χ2v) is 6.95. The predicted molar refractivity (Wildman–Crippen MR) is 106 cm³/mol. The number of aromatic nitrogens is 2. The van der Waals surface area contributed by atoms with Crippen LogP contribution in [0.4, 0.5) is 5.82 Å². The Morgan fingerprint density at radius 2 is 1.88 bits per heavy atom. The van der Waals surface area contributed by atoms with Gasteiger partial charge in [0, 0.05) is 26.2 Å². The van der Waals surface area contributed by atoms with Crippen LogP contribution in [0.25, 0.3) is 16.7 Å². The minimum Gasteiger partial charge on any atom is -0.355 e. The number of piperazine rings is 1. The molecule has 2 aromatic heterocycles. The average molecular weight is 347 g/mol. The van der Waals surface area contributed by atoms with Crippen LogP contribution in [0.15, 0.2) is 30.3 Å².